The van der Waals surface area contributed by atoms with Crippen molar-refractivity contribution in [2.45, 2.75) is 45.6 Å². The third kappa shape index (κ3) is 5.32. The molecule has 0 aromatic carbocycles. The van der Waals surface area contributed by atoms with Crippen LogP contribution in [0.15, 0.2) is 0 Å². The summed E-state index contributed by atoms with van der Waals surface area (Å²) in [6, 6.07) is 0.0563. The van der Waals surface area contributed by atoms with Crippen LogP contribution in [0.3, 0.4) is 0 Å². The molecule has 1 aromatic rings. The summed E-state index contributed by atoms with van der Waals surface area (Å²) in [5, 5.41) is 4.38. The molecule has 0 bridgehead atoms. The average Bonchev–Trinajstić information content (AvgIpc) is 2.49. The molecule has 110 valence electrons. The Bertz CT molecular complexity index is 520. The van der Waals surface area contributed by atoms with Crippen LogP contribution in [0.25, 0.3) is 0 Å². The van der Waals surface area contributed by atoms with Crippen molar-refractivity contribution in [3.05, 3.63) is 17.0 Å². The van der Waals surface area contributed by atoms with Crippen molar-refractivity contribution in [3.8, 4) is 0 Å². The van der Waals surface area contributed by atoms with Gasteiger partial charge >= 0.3 is 0 Å². The smallest absolute Gasteiger partial charge is 0.147 e. The van der Waals surface area contributed by atoms with Crippen molar-refractivity contribution in [1.29, 1.82) is 0 Å². The van der Waals surface area contributed by atoms with Gasteiger partial charge in [0, 0.05) is 30.8 Å². The van der Waals surface area contributed by atoms with Crippen molar-refractivity contribution in [2.75, 3.05) is 12.0 Å². The summed E-state index contributed by atoms with van der Waals surface area (Å²) in [4.78, 5) is 0. The SMILES string of the molecule is Cc1nn(C)c(C)c1CCC(N)CCCS(C)(=O)=O. The largest absolute Gasteiger partial charge is 0.328 e. The van der Waals surface area contributed by atoms with Gasteiger partial charge in [0.15, 0.2) is 0 Å². The Hall–Kier alpha value is -0.880. The molecular formula is C13H25N3O2S. The number of aryl methyl sites for hydroxylation is 2. The molecular weight excluding hydrogens is 262 g/mol. The molecule has 0 saturated carbocycles. The van der Waals surface area contributed by atoms with Crippen LogP contribution >= 0.6 is 0 Å². The molecule has 5 nitrogen and oxygen atoms in total. The summed E-state index contributed by atoms with van der Waals surface area (Å²) >= 11 is 0. The molecule has 0 fully saturated rings. The summed E-state index contributed by atoms with van der Waals surface area (Å²) in [5.41, 5.74) is 9.54. The van der Waals surface area contributed by atoms with Crippen LogP contribution in [0.5, 0.6) is 0 Å². The maximum Gasteiger partial charge on any atom is 0.147 e. The van der Waals surface area contributed by atoms with Gasteiger partial charge in [-0.2, -0.15) is 5.10 Å². The fourth-order valence-corrected chi connectivity index (χ4v) is 2.95. The van der Waals surface area contributed by atoms with Crippen LogP contribution in [0.4, 0.5) is 0 Å². The molecule has 1 atom stereocenters. The highest BCUT2D eigenvalue weighted by Gasteiger charge is 2.12. The Morgan fingerprint density at radius 2 is 1.95 bits per heavy atom. The number of hydrogen-bond donors (Lipinski definition) is 1. The normalized spacial score (nSPS) is 13.7. The minimum atomic E-state index is -2.87. The van der Waals surface area contributed by atoms with Gasteiger partial charge in [0.2, 0.25) is 0 Å². The van der Waals surface area contributed by atoms with Gasteiger partial charge in [-0.3, -0.25) is 4.68 Å². The first-order valence-corrected chi connectivity index (χ1v) is 8.69. The van der Waals surface area contributed by atoms with Gasteiger partial charge in [-0.1, -0.05) is 0 Å². The second-order valence-corrected chi connectivity index (χ2v) is 7.60. The monoisotopic (exact) mass is 287 g/mol. The summed E-state index contributed by atoms with van der Waals surface area (Å²) < 4.78 is 24.0. The Morgan fingerprint density at radius 1 is 1.32 bits per heavy atom. The van der Waals surface area contributed by atoms with E-state index in [9.17, 15) is 8.42 Å². The Balaban J connectivity index is 2.40. The highest BCUT2D eigenvalue weighted by molar-refractivity contribution is 7.90. The molecule has 6 heteroatoms. The standard InChI is InChI=1S/C13H25N3O2S/c1-10-13(11(2)16(3)15-10)8-7-12(14)6-5-9-19(4,17)18/h12H,5-9,14H2,1-4H3. The first kappa shape index (κ1) is 16.2. The second-order valence-electron chi connectivity index (χ2n) is 5.34. The number of rotatable bonds is 7. The molecule has 0 aliphatic rings. The second kappa shape index (κ2) is 6.52. The maximum atomic E-state index is 11.0. The lowest BCUT2D eigenvalue weighted by Crippen LogP contribution is -2.22. The summed E-state index contributed by atoms with van der Waals surface area (Å²) in [6.07, 6.45) is 4.44. The number of nitrogens with two attached hydrogens (primary N) is 1. The van der Waals surface area contributed by atoms with Gasteiger partial charge in [-0.05, 0) is 45.1 Å². The van der Waals surface area contributed by atoms with E-state index in [1.54, 1.807) is 0 Å². The van der Waals surface area contributed by atoms with Crippen LogP contribution in [0.2, 0.25) is 0 Å². The van der Waals surface area contributed by atoms with E-state index in [1.807, 2.05) is 18.7 Å². The number of sulfone groups is 1. The minimum absolute atomic E-state index is 0.0563. The lowest BCUT2D eigenvalue weighted by atomic mass is 10.0. The van der Waals surface area contributed by atoms with Crippen molar-refractivity contribution in [1.82, 2.24) is 9.78 Å². The van der Waals surface area contributed by atoms with E-state index >= 15 is 0 Å². The number of nitrogens with zero attached hydrogens (tertiary/aromatic N) is 2. The van der Waals surface area contributed by atoms with E-state index in [0.29, 0.717) is 6.42 Å². The molecule has 1 rings (SSSR count). The highest BCUT2D eigenvalue weighted by Crippen LogP contribution is 2.15. The van der Waals surface area contributed by atoms with Crippen molar-refractivity contribution >= 4 is 9.84 Å². The van der Waals surface area contributed by atoms with Crippen molar-refractivity contribution in [2.24, 2.45) is 12.8 Å². The van der Waals surface area contributed by atoms with Gasteiger partial charge in [0.25, 0.3) is 0 Å². The molecule has 0 spiro atoms. The van der Waals surface area contributed by atoms with E-state index in [-0.39, 0.29) is 11.8 Å². The number of hydrogen-bond acceptors (Lipinski definition) is 4. The van der Waals surface area contributed by atoms with Gasteiger partial charge in [-0.25, -0.2) is 8.42 Å². The van der Waals surface area contributed by atoms with Gasteiger partial charge in [-0.15, -0.1) is 0 Å². The first-order valence-electron chi connectivity index (χ1n) is 6.63. The molecule has 0 radical (unpaired) electrons. The van der Waals surface area contributed by atoms with Crippen LogP contribution < -0.4 is 5.73 Å². The van der Waals surface area contributed by atoms with Gasteiger partial charge < -0.3 is 5.73 Å². The van der Waals surface area contributed by atoms with Crippen LogP contribution in [-0.4, -0.2) is 36.2 Å². The van der Waals surface area contributed by atoms with Gasteiger partial charge in [0.1, 0.15) is 9.84 Å². The summed E-state index contributed by atoms with van der Waals surface area (Å²) in [7, 11) is -0.924. The fraction of sp³-hybridized carbons (Fsp3) is 0.769. The fourth-order valence-electron chi connectivity index (χ4n) is 2.26. The zero-order valence-electron chi connectivity index (χ0n) is 12.3. The Morgan fingerprint density at radius 3 is 2.42 bits per heavy atom. The molecule has 1 heterocycles. The first-order chi connectivity index (χ1) is 8.70. The molecule has 0 saturated heterocycles. The van der Waals surface area contributed by atoms with E-state index in [0.717, 1.165) is 25.0 Å². The lowest BCUT2D eigenvalue weighted by molar-refractivity contribution is 0.552. The molecule has 1 aromatic heterocycles. The Kier molecular flexibility index (Phi) is 5.55. The third-order valence-electron chi connectivity index (χ3n) is 3.51. The maximum absolute atomic E-state index is 11.0. The number of aromatic nitrogens is 2. The highest BCUT2D eigenvalue weighted by atomic mass is 32.2. The molecule has 2 N–H and O–H groups in total. The predicted octanol–water partition coefficient (Wildman–Crippen LogP) is 1.12. The predicted molar refractivity (Wildman–Crippen MR) is 77.9 cm³/mol. The third-order valence-corrected chi connectivity index (χ3v) is 4.54. The lowest BCUT2D eigenvalue weighted by Gasteiger charge is -2.11. The van der Waals surface area contributed by atoms with E-state index < -0.39 is 9.84 Å². The molecule has 1 unspecified atom stereocenters. The Labute approximate surface area is 116 Å². The van der Waals surface area contributed by atoms with Crippen LogP contribution in [0, 0.1) is 13.8 Å². The molecule has 19 heavy (non-hydrogen) atoms. The molecule has 0 aliphatic carbocycles. The van der Waals surface area contributed by atoms with Crippen LogP contribution in [0.1, 0.15) is 36.2 Å². The van der Waals surface area contributed by atoms with E-state index in [4.69, 9.17) is 5.73 Å². The summed E-state index contributed by atoms with van der Waals surface area (Å²) in [5.74, 6) is 0.228. The average molecular weight is 287 g/mol. The minimum Gasteiger partial charge on any atom is -0.328 e. The topological polar surface area (TPSA) is 78.0 Å². The zero-order valence-corrected chi connectivity index (χ0v) is 13.1. The van der Waals surface area contributed by atoms with E-state index in [1.165, 1.54) is 17.5 Å². The van der Waals surface area contributed by atoms with Crippen molar-refractivity contribution in [3.63, 3.8) is 0 Å². The van der Waals surface area contributed by atoms with Crippen molar-refractivity contribution < 1.29 is 8.42 Å². The summed E-state index contributed by atoms with van der Waals surface area (Å²) in [6.45, 7) is 4.07. The van der Waals surface area contributed by atoms with E-state index in [2.05, 4.69) is 12.0 Å². The molecule has 0 amide bonds. The van der Waals surface area contributed by atoms with Gasteiger partial charge in [0.05, 0.1) is 5.69 Å². The molecule has 0 aliphatic heterocycles. The zero-order chi connectivity index (χ0) is 14.6. The quantitative estimate of drug-likeness (QED) is 0.815. The van der Waals surface area contributed by atoms with Crippen LogP contribution in [-0.2, 0) is 23.3 Å².